The lowest BCUT2D eigenvalue weighted by Gasteiger charge is -2.36. The molecule has 1 amide bonds. The molecule has 0 spiro atoms. The molecule has 5 rings (SSSR count). The van der Waals surface area contributed by atoms with Gasteiger partial charge in [0.15, 0.2) is 0 Å². The van der Waals surface area contributed by atoms with Gasteiger partial charge in [-0.1, -0.05) is 6.07 Å². The van der Waals surface area contributed by atoms with Gasteiger partial charge in [-0.05, 0) is 54.8 Å². The second-order valence-corrected chi connectivity index (χ2v) is 10.4. The van der Waals surface area contributed by atoms with Crippen molar-refractivity contribution in [3.05, 3.63) is 70.3 Å². The van der Waals surface area contributed by atoms with E-state index in [1.807, 2.05) is 11.8 Å². The Morgan fingerprint density at radius 2 is 1.68 bits per heavy atom. The Labute approximate surface area is 192 Å². The summed E-state index contributed by atoms with van der Waals surface area (Å²) in [4.78, 5) is 26.3. The minimum absolute atomic E-state index is 0.0510. The van der Waals surface area contributed by atoms with Gasteiger partial charge in [0.05, 0.1) is 10.6 Å². The summed E-state index contributed by atoms with van der Waals surface area (Å²) in [6, 6.07) is 14.9. The number of carbonyl (C=O) groups is 1. The standard InChI is InChI=1S/C23H20FN3OS3/c1-15-21(31-22(25-15)20-9-8-19(30-20)18-3-2-14-29-18)23(28)27-12-10-26(11-13-27)17-6-4-16(24)5-7-17/h2-9,14H,10-13H2,1H3. The van der Waals surface area contributed by atoms with E-state index in [1.54, 1.807) is 34.8 Å². The Balaban J connectivity index is 1.28. The van der Waals surface area contributed by atoms with Crippen LogP contribution in [0.15, 0.2) is 53.9 Å². The van der Waals surface area contributed by atoms with Gasteiger partial charge in [-0.2, -0.15) is 0 Å². The van der Waals surface area contributed by atoms with E-state index in [2.05, 4.69) is 34.5 Å². The maximum Gasteiger partial charge on any atom is 0.265 e. The third-order valence-electron chi connectivity index (χ3n) is 5.33. The predicted octanol–water partition coefficient (Wildman–Crippen LogP) is 6.01. The maximum absolute atomic E-state index is 13.2. The van der Waals surface area contributed by atoms with Crippen LogP contribution >= 0.6 is 34.0 Å². The summed E-state index contributed by atoms with van der Waals surface area (Å²) in [5, 5.41) is 2.98. The molecule has 1 aromatic carbocycles. The summed E-state index contributed by atoms with van der Waals surface area (Å²) in [5.74, 6) is -0.183. The number of carbonyl (C=O) groups excluding carboxylic acids is 1. The minimum Gasteiger partial charge on any atom is -0.368 e. The molecule has 0 radical (unpaired) electrons. The Morgan fingerprint density at radius 1 is 0.935 bits per heavy atom. The number of anilines is 1. The van der Waals surface area contributed by atoms with Crippen LogP contribution in [0.3, 0.4) is 0 Å². The van der Waals surface area contributed by atoms with Crippen LogP contribution in [0.5, 0.6) is 0 Å². The molecule has 0 unspecified atom stereocenters. The molecule has 1 fully saturated rings. The first-order valence-electron chi connectivity index (χ1n) is 10.00. The van der Waals surface area contributed by atoms with E-state index in [4.69, 9.17) is 4.98 Å². The molecular weight excluding hydrogens is 449 g/mol. The van der Waals surface area contributed by atoms with Gasteiger partial charge in [-0.3, -0.25) is 4.79 Å². The number of thiazole rings is 1. The van der Waals surface area contributed by atoms with Crippen molar-refractivity contribution in [3.63, 3.8) is 0 Å². The third-order valence-corrected chi connectivity index (χ3v) is 8.80. The molecule has 1 aliphatic rings. The number of aromatic nitrogens is 1. The van der Waals surface area contributed by atoms with Crippen LogP contribution in [-0.4, -0.2) is 42.0 Å². The van der Waals surface area contributed by atoms with E-state index in [0.29, 0.717) is 13.1 Å². The summed E-state index contributed by atoms with van der Waals surface area (Å²) in [6.07, 6.45) is 0. The van der Waals surface area contributed by atoms with Crippen molar-refractivity contribution in [2.75, 3.05) is 31.1 Å². The van der Waals surface area contributed by atoms with Crippen molar-refractivity contribution < 1.29 is 9.18 Å². The number of amides is 1. The average Bonchev–Trinajstić information content (AvgIpc) is 3.54. The minimum atomic E-state index is -0.234. The Bertz CT molecular complexity index is 1190. The molecule has 4 nitrogen and oxygen atoms in total. The van der Waals surface area contributed by atoms with E-state index in [0.717, 1.165) is 39.2 Å². The quantitative estimate of drug-likeness (QED) is 0.367. The molecular formula is C23H20FN3OS3. The molecule has 1 saturated heterocycles. The molecule has 0 atom stereocenters. The molecule has 3 aromatic heterocycles. The molecule has 1 aliphatic heterocycles. The van der Waals surface area contributed by atoms with Crippen LogP contribution in [0.1, 0.15) is 15.4 Å². The van der Waals surface area contributed by atoms with E-state index in [-0.39, 0.29) is 11.7 Å². The van der Waals surface area contributed by atoms with Crippen LogP contribution in [0.2, 0.25) is 0 Å². The normalized spacial score (nSPS) is 14.3. The topological polar surface area (TPSA) is 36.4 Å². The zero-order chi connectivity index (χ0) is 21.4. The van der Waals surface area contributed by atoms with Crippen LogP contribution in [0.25, 0.3) is 19.6 Å². The highest BCUT2D eigenvalue weighted by Gasteiger charge is 2.26. The molecule has 4 aromatic rings. The summed E-state index contributed by atoms with van der Waals surface area (Å²) < 4.78 is 13.2. The molecule has 31 heavy (non-hydrogen) atoms. The first kappa shape index (κ1) is 20.4. The van der Waals surface area contributed by atoms with Gasteiger partial charge < -0.3 is 9.80 Å². The average molecular weight is 470 g/mol. The van der Waals surface area contributed by atoms with E-state index < -0.39 is 0 Å². The summed E-state index contributed by atoms with van der Waals surface area (Å²) >= 11 is 4.92. The number of hydrogen-bond donors (Lipinski definition) is 0. The fourth-order valence-corrected chi connectivity index (χ4v) is 6.60. The fraction of sp³-hybridized carbons (Fsp3) is 0.217. The number of hydrogen-bond acceptors (Lipinski definition) is 6. The number of piperazine rings is 1. The van der Waals surface area contributed by atoms with Crippen LogP contribution in [-0.2, 0) is 0 Å². The van der Waals surface area contributed by atoms with Gasteiger partial charge in [0.2, 0.25) is 0 Å². The Kier molecular flexibility index (Phi) is 5.60. The smallest absolute Gasteiger partial charge is 0.265 e. The summed E-state index contributed by atoms with van der Waals surface area (Å²) in [7, 11) is 0. The highest BCUT2D eigenvalue weighted by Crippen LogP contribution is 2.39. The van der Waals surface area contributed by atoms with E-state index in [1.165, 1.54) is 33.2 Å². The Morgan fingerprint density at radius 3 is 2.39 bits per heavy atom. The van der Waals surface area contributed by atoms with Crippen molar-refractivity contribution in [1.29, 1.82) is 0 Å². The van der Waals surface area contributed by atoms with Gasteiger partial charge in [-0.25, -0.2) is 9.37 Å². The summed E-state index contributed by atoms with van der Waals surface area (Å²) in [5.41, 5.74) is 1.78. The van der Waals surface area contributed by atoms with E-state index in [9.17, 15) is 9.18 Å². The molecule has 0 aliphatic carbocycles. The molecule has 0 N–H and O–H groups in total. The van der Waals surface area contributed by atoms with Gasteiger partial charge in [-0.15, -0.1) is 34.0 Å². The van der Waals surface area contributed by atoms with Gasteiger partial charge in [0.1, 0.15) is 15.7 Å². The zero-order valence-corrected chi connectivity index (χ0v) is 19.3. The van der Waals surface area contributed by atoms with Gasteiger partial charge in [0, 0.05) is 41.6 Å². The monoisotopic (exact) mass is 469 g/mol. The molecule has 0 bridgehead atoms. The number of rotatable bonds is 4. The SMILES string of the molecule is Cc1nc(-c2ccc(-c3cccs3)s2)sc1C(=O)N1CCN(c2ccc(F)cc2)CC1. The number of benzene rings is 1. The van der Waals surface area contributed by atoms with Crippen LogP contribution in [0.4, 0.5) is 10.1 Å². The highest BCUT2D eigenvalue weighted by molar-refractivity contribution is 7.26. The van der Waals surface area contributed by atoms with Crippen molar-refractivity contribution in [2.45, 2.75) is 6.92 Å². The first-order chi connectivity index (χ1) is 15.1. The number of aryl methyl sites for hydroxylation is 1. The van der Waals surface area contributed by atoms with Crippen molar-refractivity contribution in [1.82, 2.24) is 9.88 Å². The summed E-state index contributed by atoms with van der Waals surface area (Å²) in [6.45, 7) is 4.67. The van der Waals surface area contributed by atoms with Crippen molar-refractivity contribution >= 4 is 45.6 Å². The molecule has 0 saturated carbocycles. The fourth-order valence-electron chi connectivity index (χ4n) is 3.67. The number of thiophene rings is 2. The lowest BCUT2D eigenvalue weighted by molar-refractivity contribution is 0.0750. The van der Waals surface area contributed by atoms with Crippen LogP contribution < -0.4 is 4.90 Å². The molecule has 8 heteroatoms. The second kappa shape index (κ2) is 8.53. The van der Waals surface area contributed by atoms with Gasteiger partial charge >= 0.3 is 0 Å². The molecule has 4 heterocycles. The third kappa shape index (κ3) is 4.15. The van der Waals surface area contributed by atoms with Gasteiger partial charge in [0.25, 0.3) is 5.91 Å². The lowest BCUT2D eigenvalue weighted by Crippen LogP contribution is -2.48. The molecule has 158 valence electrons. The Hall–Kier alpha value is -2.55. The van der Waals surface area contributed by atoms with Crippen molar-refractivity contribution in [2.24, 2.45) is 0 Å². The number of halogens is 1. The van der Waals surface area contributed by atoms with Crippen molar-refractivity contribution in [3.8, 4) is 19.6 Å². The second-order valence-electron chi connectivity index (χ2n) is 7.33. The van der Waals surface area contributed by atoms with Crippen LogP contribution in [0, 0.1) is 12.7 Å². The lowest BCUT2D eigenvalue weighted by atomic mass is 10.2. The van der Waals surface area contributed by atoms with E-state index >= 15 is 0 Å². The maximum atomic E-state index is 13.2. The largest absolute Gasteiger partial charge is 0.368 e. The first-order valence-corrected chi connectivity index (χ1v) is 12.5. The number of nitrogens with zero attached hydrogens (tertiary/aromatic N) is 3. The highest BCUT2D eigenvalue weighted by atomic mass is 32.1. The zero-order valence-electron chi connectivity index (χ0n) is 16.9. The predicted molar refractivity (Wildman–Crippen MR) is 128 cm³/mol.